The minimum absolute atomic E-state index is 0.0308. The molecule has 1 heterocycles. The van der Waals surface area contributed by atoms with Gasteiger partial charge in [-0.1, -0.05) is 62.8 Å². The highest BCUT2D eigenvalue weighted by Gasteiger charge is 2.40. The van der Waals surface area contributed by atoms with Crippen LogP contribution in [-0.2, 0) is 25.3 Å². The fraction of sp³-hybridized carbons (Fsp3) is 0.536. The van der Waals surface area contributed by atoms with E-state index in [1.165, 1.54) is 11.6 Å². The van der Waals surface area contributed by atoms with Crippen LogP contribution in [-0.4, -0.2) is 46.6 Å². The maximum absolute atomic E-state index is 10.9. The van der Waals surface area contributed by atoms with Gasteiger partial charge >= 0.3 is 0 Å². The highest BCUT2D eigenvalue weighted by atomic mass is 28.4. The van der Waals surface area contributed by atoms with Crippen LogP contribution in [0.1, 0.15) is 46.1 Å². The minimum Gasteiger partial charge on any atom is -0.497 e. The molecule has 0 fully saturated rings. The first-order valence-corrected chi connectivity index (χ1v) is 14.9. The normalized spacial score (nSPS) is 19.3. The molecule has 0 saturated carbocycles. The lowest BCUT2D eigenvalue weighted by atomic mass is 10.0. The summed E-state index contributed by atoms with van der Waals surface area (Å²) in [7, 11) is -0.437. The second-order valence-electron chi connectivity index (χ2n) is 10.4. The summed E-state index contributed by atoms with van der Waals surface area (Å²) in [5.74, 6) is 0.813. The Kier molecular flexibility index (Phi) is 11.0. The molecule has 1 aliphatic rings. The minimum atomic E-state index is -2.09. The van der Waals surface area contributed by atoms with Crippen LogP contribution in [0.3, 0.4) is 0 Å². The monoisotopic (exact) mass is 486 g/mol. The summed E-state index contributed by atoms with van der Waals surface area (Å²) in [4.78, 5) is 10.9. The number of methoxy groups -OCH3 is 1. The van der Waals surface area contributed by atoms with Crippen molar-refractivity contribution in [3.8, 4) is 5.75 Å². The lowest BCUT2D eigenvalue weighted by molar-refractivity contribution is -0.104. The smallest absolute Gasteiger partial charge is 0.193 e. The second-order valence-corrected chi connectivity index (χ2v) is 15.1. The zero-order valence-electron chi connectivity index (χ0n) is 21.9. The van der Waals surface area contributed by atoms with E-state index in [2.05, 4.69) is 59.0 Å². The number of carbonyl (C=O) groups is 1. The Balaban J connectivity index is 2.27. The molecule has 0 N–H and O–H groups in total. The van der Waals surface area contributed by atoms with Gasteiger partial charge in [0.25, 0.3) is 0 Å². The van der Waals surface area contributed by atoms with E-state index in [-0.39, 0.29) is 23.4 Å². The third-order valence-corrected chi connectivity index (χ3v) is 11.1. The molecule has 5 nitrogen and oxygen atoms in total. The van der Waals surface area contributed by atoms with E-state index in [1.54, 1.807) is 7.11 Å². The van der Waals surface area contributed by atoms with Crippen LogP contribution in [0.4, 0.5) is 0 Å². The van der Waals surface area contributed by atoms with Crippen LogP contribution in [0.5, 0.6) is 5.75 Å². The van der Waals surface area contributed by atoms with Gasteiger partial charge in [0.2, 0.25) is 0 Å². The van der Waals surface area contributed by atoms with Crippen molar-refractivity contribution < 1.29 is 23.4 Å². The Morgan fingerprint density at radius 1 is 1.21 bits per heavy atom. The fourth-order valence-electron chi connectivity index (χ4n) is 3.38. The number of carbonyl (C=O) groups excluding carboxylic acids is 1. The van der Waals surface area contributed by atoms with Gasteiger partial charge in [0.1, 0.15) is 12.0 Å². The molecule has 188 valence electrons. The Morgan fingerprint density at radius 3 is 2.50 bits per heavy atom. The van der Waals surface area contributed by atoms with E-state index >= 15 is 0 Å². The third kappa shape index (κ3) is 8.99. The predicted molar refractivity (Wildman–Crippen MR) is 141 cm³/mol. The number of benzene rings is 1. The molecule has 1 aromatic rings. The molecule has 2 rings (SSSR count). The number of allylic oxidation sites excluding steroid dienone is 1. The van der Waals surface area contributed by atoms with Gasteiger partial charge in [-0.05, 0) is 61.7 Å². The molecule has 34 heavy (non-hydrogen) atoms. The summed E-state index contributed by atoms with van der Waals surface area (Å²) < 4.78 is 24.4. The molecule has 0 radical (unpaired) electrons. The van der Waals surface area contributed by atoms with Crippen LogP contribution in [0.2, 0.25) is 18.1 Å². The summed E-state index contributed by atoms with van der Waals surface area (Å²) in [5, 5.41) is 0.0545. The van der Waals surface area contributed by atoms with Gasteiger partial charge in [-0.2, -0.15) is 0 Å². The number of hydrogen-bond donors (Lipinski definition) is 0. The molecule has 0 aliphatic carbocycles. The average Bonchev–Trinajstić information content (AvgIpc) is 2.78. The van der Waals surface area contributed by atoms with Crippen molar-refractivity contribution in [3.05, 3.63) is 65.8 Å². The van der Waals surface area contributed by atoms with Crippen LogP contribution in [0.15, 0.2) is 60.2 Å². The molecule has 3 atom stereocenters. The van der Waals surface area contributed by atoms with Crippen LogP contribution in [0.25, 0.3) is 0 Å². The lowest BCUT2D eigenvalue weighted by Gasteiger charge is -2.40. The molecular weight excluding hydrogens is 444 g/mol. The molecule has 0 spiro atoms. The molecule has 0 amide bonds. The lowest BCUT2D eigenvalue weighted by Crippen LogP contribution is -2.47. The number of ether oxygens (including phenoxy) is 3. The summed E-state index contributed by atoms with van der Waals surface area (Å²) in [5.41, 5.74) is 2.39. The Bertz CT molecular complexity index is 849. The summed E-state index contributed by atoms with van der Waals surface area (Å²) in [6, 6.07) is 7.86. The van der Waals surface area contributed by atoms with Gasteiger partial charge in [-0.25, -0.2) is 0 Å². The molecule has 0 bridgehead atoms. The first-order valence-electron chi connectivity index (χ1n) is 12.0. The van der Waals surface area contributed by atoms with Crippen LogP contribution < -0.4 is 4.74 Å². The van der Waals surface area contributed by atoms with Crippen molar-refractivity contribution >= 4 is 14.6 Å². The van der Waals surface area contributed by atoms with Crippen LogP contribution in [0, 0.1) is 0 Å². The average molecular weight is 487 g/mol. The topological polar surface area (TPSA) is 54.0 Å². The SMILES string of the molecule is COc1ccc(CO[C@@H](C/C=C/C=O)[C@@H](/C=C/[C@@H]2CC(C)=CCO2)O[Si](C)(C)C(C)(C)C)cc1. The number of rotatable bonds is 12. The van der Waals surface area contributed by atoms with Gasteiger partial charge in [0, 0.05) is 0 Å². The molecule has 6 heteroatoms. The second kappa shape index (κ2) is 13.2. The van der Waals surface area contributed by atoms with E-state index in [0.717, 1.165) is 24.0 Å². The fourth-order valence-corrected chi connectivity index (χ4v) is 4.64. The Hall–Kier alpha value is -1.99. The molecule has 0 unspecified atom stereocenters. The van der Waals surface area contributed by atoms with Crippen molar-refractivity contribution in [1.29, 1.82) is 0 Å². The van der Waals surface area contributed by atoms with Crippen molar-refractivity contribution in [3.63, 3.8) is 0 Å². The van der Waals surface area contributed by atoms with E-state index in [4.69, 9.17) is 18.6 Å². The van der Waals surface area contributed by atoms with Gasteiger partial charge in [0.05, 0.1) is 38.6 Å². The maximum Gasteiger partial charge on any atom is 0.193 e. The zero-order valence-corrected chi connectivity index (χ0v) is 22.9. The van der Waals surface area contributed by atoms with E-state index < -0.39 is 8.32 Å². The zero-order chi connectivity index (χ0) is 25.2. The maximum atomic E-state index is 10.9. The van der Waals surface area contributed by atoms with Crippen LogP contribution >= 0.6 is 0 Å². The summed E-state index contributed by atoms with van der Waals surface area (Å²) >= 11 is 0. The quantitative estimate of drug-likeness (QED) is 0.148. The summed E-state index contributed by atoms with van der Waals surface area (Å²) in [6.07, 6.45) is 11.5. The molecule has 0 aromatic heterocycles. The van der Waals surface area contributed by atoms with Gasteiger partial charge in [-0.3, -0.25) is 4.79 Å². The highest BCUT2D eigenvalue weighted by Crippen LogP contribution is 2.38. The largest absolute Gasteiger partial charge is 0.497 e. The first kappa shape index (κ1) is 28.2. The predicted octanol–water partition coefficient (Wildman–Crippen LogP) is 6.41. The highest BCUT2D eigenvalue weighted by molar-refractivity contribution is 6.74. The Labute approximate surface area is 207 Å². The van der Waals surface area contributed by atoms with E-state index in [9.17, 15) is 4.79 Å². The summed E-state index contributed by atoms with van der Waals surface area (Å²) in [6.45, 7) is 14.4. The van der Waals surface area contributed by atoms with Gasteiger partial charge in [0.15, 0.2) is 8.32 Å². The first-order chi connectivity index (χ1) is 16.1. The van der Waals surface area contributed by atoms with Crippen molar-refractivity contribution in [1.82, 2.24) is 0 Å². The third-order valence-electron chi connectivity index (χ3n) is 6.59. The van der Waals surface area contributed by atoms with Gasteiger partial charge in [-0.15, -0.1) is 0 Å². The number of aldehydes is 1. The molecular formula is C28H42O5Si. The van der Waals surface area contributed by atoms with Crippen molar-refractivity contribution in [2.45, 2.75) is 83.6 Å². The molecule has 0 saturated heterocycles. The molecule has 1 aromatic carbocycles. The van der Waals surface area contributed by atoms with E-state index in [1.807, 2.05) is 30.3 Å². The van der Waals surface area contributed by atoms with Gasteiger partial charge < -0.3 is 18.6 Å². The standard InChI is InChI=1S/C28H42O5Si/c1-22-17-19-31-25(20-22)15-16-27(33-34(6,7)28(2,3)4)26(10-8-9-18-29)32-21-23-11-13-24(30-5)14-12-23/h8-9,11-18,25-27H,10,19-21H2,1-7H3/b9-8+,16-15+/t25-,26+,27-/m1/s1. The van der Waals surface area contributed by atoms with E-state index in [0.29, 0.717) is 19.6 Å². The molecule has 1 aliphatic heterocycles. The Morgan fingerprint density at radius 2 is 1.91 bits per heavy atom. The van der Waals surface area contributed by atoms with Crippen molar-refractivity contribution in [2.24, 2.45) is 0 Å². The van der Waals surface area contributed by atoms with Crippen molar-refractivity contribution in [2.75, 3.05) is 13.7 Å². The number of hydrogen-bond acceptors (Lipinski definition) is 5.